The summed E-state index contributed by atoms with van der Waals surface area (Å²) in [6.45, 7) is -0.500. The molecule has 0 unspecified atom stereocenters. The van der Waals surface area contributed by atoms with Gasteiger partial charge >= 0.3 is 29.6 Å². The Morgan fingerprint density at radius 1 is 1.57 bits per heavy atom. The molecule has 1 N–H and O–H groups in total. The zero-order valence-electron chi connectivity index (χ0n) is 4.89. The quantitative estimate of drug-likeness (QED) is 0.253. The molecule has 0 saturated heterocycles. The van der Waals surface area contributed by atoms with E-state index in [1.165, 1.54) is 0 Å². The summed E-state index contributed by atoms with van der Waals surface area (Å²) in [5.74, 6) is 0. The molecule has 3 nitrogen and oxygen atoms in total. The number of carbonyl (C=O) groups is 1. The van der Waals surface area contributed by atoms with E-state index in [4.69, 9.17) is 9.90 Å². The van der Waals surface area contributed by atoms with Crippen molar-refractivity contribution in [2.75, 3.05) is 14.1 Å². The second-order valence-corrected chi connectivity index (χ2v) is 0.596. The molecule has 0 amide bonds. The fourth-order valence-corrected chi connectivity index (χ4v) is 0. The standard InChI is InChI=1S/C2H7N.CH2O2.Na/c1-3-2;2-1-3;/h3H,1-2H3;1H,(H,2,3);/q;;+1/p-1. The zero-order valence-corrected chi connectivity index (χ0v) is 6.89. The van der Waals surface area contributed by atoms with Crippen molar-refractivity contribution in [3.63, 3.8) is 0 Å². The molecule has 0 fully saturated rings. The summed E-state index contributed by atoms with van der Waals surface area (Å²) in [6.07, 6.45) is 0. The predicted octanol–water partition coefficient (Wildman–Crippen LogP) is -4.79. The molecule has 0 saturated carbocycles. The van der Waals surface area contributed by atoms with Crippen LogP contribution in [0.5, 0.6) is 0 Å². The maximum absolute atomic E-state index is 8.25. The molecule has 0 aromatic heterocycles. The molecular weight excluding hydrogens is 105 g/mol. The Labute approximate surface area is 65.4 Å². The molecule has 0 aliphatic heterocycles. The van der Waals surface area contributed by atoms with Crippen LogP contribution in [-0.2, 0) is 4.79 Å². The normalized spacial score (nSPS) is 4.29. The van der Waals surface area contributed by atoms with Crippen LogP contribution in [0.1, 0.15) is 0 Å². The van der Waals surface area contributed by atoms with Crippen molar-refractivity contribution in [3.05, 3.63) is 0 Å². The summed E-state index contributed by atoms with van der Waals surface area (Å²) in [5.41, 5.74) is 0. The smallest absolute Gasteiger partial charge is 0.554 e. The average molecular weight is 113 g/mol. The van der Waals surface area contributed by atoms with Gasteiger partial charge < -0.3 is 15.2 Å². The third-order valence-corrected chi connectivity index (χ3v) is 0. The molecule has 38 valence electrons. The van der Waals surface area contributed by atoms with Crippen molar-refractivity contribution < 1.29 is 39.5 Å². The topological polar surface area (TPSA) is 52.2 Å². The van der Waals surface area contributed by atoms with Gasteiger partial charge in [0.15, 0.2) is 0 Å². The number of rotatable bonds is 0. The Morgan fingerprint density at radius 3 is 1.57 bits per heavy atom. The third kappa shape index (κ3) is 682. The van der Waals surface area contributed by atoms with Gasteiger partial charge in [0.25, 0.3) is 0 Å². The number of hydrogen-bond acceptors (Lipinski definition) is 3. The van der Waals surface area contributed by atoms with E-state index in [1.807, 2.05) is 14.1 Å². The fourth-order valence-electron chi connectivity index (χ4n) is 0. The first-order chi connectivity index (χ1) is 2.83. The first-order valence-electron chi connectivity index (χ1n) is 1.47. The van der Waals surface area contributed by atoms with Gasteiger partial charge in [-0.15, -0.1) is 0 Å². The molecule has 0 rings (SSSR count). The summed E-state index contributed by atoms with van der Waals surface area (Å²) >= 11 is 0. The second kappa shape index (κ2) is 32.1. The van der Waals surface area contributed by atoms with E-state index in [1.54, 1.807) is 0 Å². The fraction of sp³-hybridized carbons (Fsp3) is 0.667. The van der Waals surface area contributed by atoms with Gasteiger partial charge in [0.2, 0.25) is 0 Å². The van der Waals surface area contributed by atoms with E-state index in [2.05, 4.69) is 5.32 Å². The molecular formula is C3H8NNaO2. The van der Waals surface area contributed by atoms with Crippen LogP contribution >= 0.6 is 0 Å². The van der Waals surface area contributed by atoms with E-state index in [9.17, 15) is 0 Å². The Bertz CT molecular complexity index is 26.9. The summed E-state index contributed by atoms with van der Waals surface area (Å²) in [6, 6.07) is 0. The molecule has 4 heteroatoms. The van der Waals surface area contributed by atoms with Crippen LogP contribution in [0.2, 0.25) is 0 Å². The van der Waals surface area contributed by atoms with Crippen LogP contribution in [-0.4, -0.2) is 20.6 Å². The van der Waals surface area contributed by atoms with Crippen LogP contribution in [0, 0.1) is 0 Å². The Hall–Kier alpha value is 0.430. The van der Waals surface area contributed by atoms with Gasteiger partial charge in [-0.2, -0.15) is 0 Å². The summed E-state index contributed by atoms with van der Waals surface area (Å²) < 4.78 is 0. The Morgan fingerprint density at radius 2 is 1.57 bits per heavy atom. The van der Waals surface area contributed by atoms with Crippen molar-refractivity contribution in [2.24, 2.45) is 0 Å². The molecule has 0 spiro atoms. The number of nitrogens with one attached hydrogen (secondary N) is 1. The van der Waals surface area contributed by atoms with Crippen molar-refractivity contribution >= 4 is 6.47 Å². The zero-order chi connectivity index (χ0) is 5.41. The molecule has 0 radical (unpaired) electrons. The number of hydrogen-bond donors (Lipinski definition) is 1. The molecule has 0 aromatic rings. The molecule has 7 heavy (non-hydrogen) atoms. The van der Waals surface area contributed by atoms with Crippen molar-refractivity contribution in [3.8, 4) is 0 Å². The first-order valence-corrected chi connectivity index (χ1v) is 1.47. The molecule has 0 bridgehead atoms. The SMILES string of the molecule is CNC.O=C[O-].[Na+]. The minimum atomic E-state index is -0.500. The van der Waals surface area contributed by atoms with E-state index >= 15 is 0 Å². The van der Waals surface area contributed by atoms with Crippen LogP contribution in [0.4, 0.5) is 0 Å². The average Bonchev–Trinajstić information content (AvgIpc) is 1.39. The van der Waals surface area contributed by atoms with Gasteiger partial charge in [-0.05, 0) is 14.1 Å². The molecule has 0 aliphatic carbocycles. The largest absolute Gasteiger partial charge is 1.00 e. The summed E-state index contributed by atoms with van der Waals surface area (Å²) in [5, 5.41) is 11.0. The maximum Gasteiger partial charge on any atom is 1.00 e. The van der Waals surface area contributed by atoms with Crippen LogP contribution in [0.3, 0.4) is 0 Å². The summed E-state index contributed by atoms with van der Waals surface area (Å²) in [7, 11) is 3.75. The van der Waals surface area contributed by atoms with Gasteiger partial charge in [0.1, 0.15) is 0 Å². The van der Waals surface area contributed by atoms with E-state index < -0.39 is 6.47 Å². The molecule has 0 atom stereocenters. The first kappa shape index (κ1) is 15.7. The monoisotopic (exact) mass is 113 g/mol. The van der Waals surface area contributed by atoms with Gasteiger partial charge in [-0.25, -0.2) is 0 Å². The molecule has 0 heterocycles. The number of carbonyl (C=O) groups excluding carboxylic acids is 1. The van der Waals surface area contributed by atoms with E-state index in [0.717, 1.165) is 0 Å². The minimum absolute atomic E-state index is 0. The van der Waals surface area contributed by atoms with Crippen LogP contribution in [0.25, 0.3) is 0 Å². The Kier molecular flexibility index (Phi) is 71.8. The van der Waals surface area contributed by atoms with Crippen molar-refractivity contribution in [1.29, 1.82) is 0 Å². The van der Waals surface area contributed by atoms with Crippen LogP contribution in [0.15, 0.2) is 0 Å². The van der Waals surface area contributed by atoms with Crippen molar-refractivity contribution in [2.45, 2.75) is 0 Å². The van der Waals surface area contributed by atoms with Gasteiger partial charge in [0.05, 0.1) is 0 Å². The van der Waals surface area contributed by atoms with E-state index in [-0.39, 0.29) is 29.6 Å². The molecule has 0 aromatic carbocycles. The van der Waals surface area contributed by atoms with Gasteiger partial charge in [0, 0.05) is 6.47 Å². The third-order valence-electron chi connectivity index (χ3n) is 0. The van der Waals surface area contributed by atoms with Gasteiger partial charge in [-0.3, -0.25) is 0 Å². The Balaban J connectivity index is -0.0000000400. The predicted molar refractivity (Wildman–Crippen MR) is 21.0 cm³/mol. The van der Waals surface area contributed by atoms with E-state index in [0.29, 0.717) is 0 Å². The van der Waals surface area contributed by atoms with Gasteiger partial charge in [-0.1, -0.05) is 0 Å². The van der Waals surface area contributed by atoms with Crippen molar-refractivity contribution in [1.82, 2.24) is 5.32 Å². The van der Waals surface area contributed by atoms with Crippen LogP contribution < -0.4 is 40.0 Å². The minimum Gasteiger partial charge on any atom is -0.554 e. The second-order valence-electron chi connectivity index (χ2n) is 0.596. The maximum atomic E-state index is 8.25. The summed E-state index contributed by atoms with van der Waals surface area (Å²) in [4.78, 5) is 8.25. The number of carboxylic acid groups (broad SMARTS) is 1. The molecule has 0 aliphatic rings.